The van der Waals surface area contributed by atoms with E-state index in [1.165, 1.54) is 11.1 Å². The summed E-state index contributed by atoms with van der Waals surface area (Å²) in [6.07, 6.45) is 5.67. The normalized spacial score (nSPS) is 20.4. The van der Waals surface area contributed by atoms with Crippen molar-refractivity contribution in [2.24, 2.45) is 11.0 Å². The molecule has 2 N–H and O–H groups in total. The predicted octanol–water partition coefficient (Wildman–Crippen LogP) is 5.68. The average Bonchev–Trinajstić information content (AvgIpc) is 3.41. The molecule has 1 heterocycles. The fourth-order valence-electron chi connectivity index (χ4n) is 5.05. The van der Waals surface area contributed by atoms with Crippen LogP contribution in [0.4, 0.5) is 5.69 Å². The first kappa shape index (κ1) is 22.7. The van der Waals surface area contributed by atoms with Crippen LogP contribution in [0.2, 0.25) is 0 Å². The van der Waals surface area contributed by atoms with Crippen LogP contribution in [0.5, 0.6) is 11.5 Å². The standard InChI is InChI=1S/C29H29N3O3/c1-18(31-32-29(33)21-13-15-26(34-2)27(17-21)35-3)20-12-14-25-24(16-20)22-10-7-11-23(22)28(30-25)19-8-5-4-6-9-19/h4-10,12-17,22-23,28,30H,11H2,1-3H3,(H,32,33)/t22-,23+,28+/m1/s1. The highest BCUT2D eigenvalue weighted by atomic mass is 16.5. The Morgan fingerprint density at radius 3 is 2.51 bits per heavy atom. The van der Waals surface area contributed by atoms with E-state index in [1.54, 1.807) is 32.4 Å². The van der Waals surface area contributed by atoms with Crippen molar-refractivity contribution < 1.29 is 14.3 Å². The number of rotatable bonds is 6. The maximum atomic E-state index is 12.7. The van der Waals surface area contributed by atoms with E-state index in [0.717, 1.165) is 23.4 Å². The van der Waals surface area contributed by atoms with Crippen LogP contribution in [0.25, 0.3) is 0 Å². The molecule has 1 aliphatic heterocycles. The summed E-state index contributed by atoms with van der Waals surface area (Å²) in [7, 11) is 3.10. The number of ether oxygens (including phenoxy) is 2. The summed E-state index contributed by atoms with van der Waals surface area (Å²) in [5, 5.41) is 8.14. The van der Waals surface area contributed by atoms with E-state index in [0.29, 0.717) is 28.9 Å². The van der Waals surface area contributed by atoms with Gasteiger partial charge in [0.1, 0.15) is 0 Å². The lowest BCUT2D eigenvalue weighted by molar-refractivity contribution is 0.0954. The van der Waals surface area contributed by atoms with E-state index in [1.807, 2.05) is 13.0 Å². The summed E-state index contributed by atoms with van der Waals surface area (Å²) in [6.45, 7) is 1.90. The zero-order chi connectivity index (χ0) is 24.4. The third-order valence-electron chi connectivity index (χ3n) is 6.91. The minimum Gasteiger partial charge on any atom is -0.493 e. The van der Waals surface area contributed by atoms with Crippen molar-refractivity contribution in [3.05, 3.63) is 101 Å². The zero-order valence-corrected chi connectivity index (χ0v) is 20.1. The number of nitrogens with one attached hydrogen (secondary N) is 2. The number of carbonyl (C=O) groups is 1. The van der Waals surface area contributed by atoms with Crippen LogP contribution in [0.15, 0.2) is 84.0 Å². The van der Waals surface area contributed by atoms with Crippen molar-refractivity contribution in [1.29, 1.82) is 0 Å². The Bertz CT molecular complexity index is 1300. The van der Waals surface area contributed by atoms with Crippen molar-refractivity contribution in [1.82, 2.24) is 5.43 Å². The topological polar surface area (TPSA) is 72.0 Å². The molecule has 0 fully saturated rings. The van der Waals surface area contributed by atoms with Gasteiger partial charge in [-0.25, -0.2) is 5.43 Å². The van der Waals surface area contributed by atoms with Gasteiger partial charge in [-0.3, -0.25) is 4.79 Å². The summed E-state index contributed by atoms with van der Waals surface area (Å²) in [5.74, 6) is 1.58. The summed E-state index contributed by atoms with van der Waals surface area (Å²) in [5.41, 5.74) is 8.57. The van der Waals surface area contributed by atoms with Gasteiger partial charge in [0.05, 0.1) is 26.0 Å². The SMILES string of the molecule is COc1ccc(C(=O)NN=C(C)c2ccc3c(c2)[C@@H]2C=CC[C@@H]2[C@H](c2ccccc2)N3)cc1OC. The molecule has 2 aliphatic rings. The number of methoxy groups -OCH3 is 2. The summed E-state index contributed by atoms with van der Waals surface area (Å²) in [4.78, 5) is 12.7. The number of amides is 1. The van der Waals surface area contributed by atoms with Crippen molar-refractivity contribution >= 4 is 17.3 Å². The molecular formula is C29H29N3O3. The molecule has 0 aromatic heterocycles. The molecule has 0 spiro atoms. The van der Waals surface area contributed by atoms with Crippen LogP contribution < -0.4 is 20.2 Å². The molecule has 1 amide bonds. The largest absolute Gasteiger partial charge is 0.493 e. The highest BCUT2D eigenvalue weighted by Gasteiger charge is 2.37. The molecule has 178 valence electrons. The number of hydrogen-bond acceptors (Lipinski definition) is 5. The number of hydrogen-bond donors (Lipinski definition) is 2. The quantitative estimate of drug-likeness (QED) is 0.278. The van der Waals surface area contributed by atoms with Gasteiger partial charge < -0.3 is 14.8 Å². The molecule has 35 heavy (non-hydrogen) atoms. The lowest BCUT2D eigenvalue weighted by Crippen LogP contribution is -2.29. The predicted molar refractivity (Wildman–Crippen MR) is 138 cm³/mol. The van der Waals surface area contributed by atoms with E-state index in [9.17, 15) is 4.79 Å². The maximum absolute atomic E-state index is 12.7. The van der Waals surface area contributed by atoms with Gasteiger partial charge in [0, 0.05) is 17.2 Å². The van der Waals surface area contributed by atoms with Crippen LogP contribution in [-0.2, 0) is 0 Å². The van der Waals surface area contributed by atoms with Crippen LogP contribution in [0, 0.1) is 5.92 Å². The Kier molecular flexibility index (Phi) is 6.27. The highest BCUT2D eigenvalue weighted by Crippen LogP contribution is 2.49. The Hall–Kier alpha value is -4.06. The molecule has 0 saturated heterocycles. The fourth-order valence-corrected chi connectivity index (χ4v) is 5.05. The van der Waals surface area contributed by atoms with Crippen molar-refractivity contribution in [2.45, 2.75) is 25.3 Å². The third kappa shape index (κ3) is 4.39. The number of carbonyl (C=O) groups excluding carboxylic acids is 1. The number of hydrazone groups is 1. The number of nitrogens with zero attached hydrogens (tertiary/aromatic N) is 1. The van der Waals surface area contributed by atoms with Crippen molar-refractivity contribution in [2.75, 3.05) is 19.5 Å². The van der Waals surface area contributed by atoms with Gasteiger partial charge in [0.2, 0.25) is 0 Å². The summed E-state index contributed by atoms with van der Waals surface area (Å²) in [6, 6.07) is 22.3. The van der Waals surface area contributed by atoms with Gasteiger partial charge >= 0.3 is 0 Å². The minimum absolute atomic E-state index is 0.282. The molecular weight excluding hydrogens is 438 g/mol. The molecule has 5 rings (SSSR count). The first-order chi connectivity index (χ1) is 17.1. The van der Waals surface area contributed by atoms with E-state index in [2.05, 4.69) is 70.5 Å². The van der Waals surface area contributed by atoms with Crippen LogP contribution >= 0.6 is 0 Å². The number of anilines is 1. The van der Waals surface area contributed by atoms with Crippen LogP contribution in [0.1, 0.15) is 52.4 Å². The maximum Gasteiger partial charge on any atom is 0.271 e. The number of benzene rings is 3. The Balaban J connectivity index is 1.36. The van der Waals surface area contributed by atoms with Gasteiger partial charge in [-0.05, 0) is 66.3 Å². The minimum atomic E-state index is -0.311. The van der Waals surface area contributed by atoms with Gasteiger partial charge in [-0.1, -0.05) is 48.6 Å². The zero-order valence-electron chi connectivity index (χ0n) is 20.1. The Morgan fingerprint density at radius 2 is 1.74 bits per heavy atom. The van der Waals surface area contributed by atoms with Gasteiger partial charge in [0.25, 0.3) is 5.91 Å². The molecule has 6 nitrogen and oxygen atoms in total. The monoisotopic (exact) mass is 467 g/mol. The molecule has 3 atom stereocenters. The summed E-state index contributed by atoms with van der Waals surface area (Å²) >= 11 is 0. The highest BCUT2D eigenvalue weighted by molar-refractivity contribution is 6.01. The second-order valence-electron chi connectivity index (χ2n) is 8.90. The molecule has 1 aliphatic carbocycles. The lowest BCUT2D eigenvalue weighted by Gasteiger charge is -2.37. The summed E-state index contributed by atoms with van der Waals surface area (Å²) < 4.78 is 10.5. The molecule has 0 unspecified atom stereocenters. The molecule has 3 aromatic rings. The Morgan fingerprint density at radius 1 is 0.971 bits per heavy atom. The Labute approximate surface area is 205 Å². The van der Waals surface area contributed by atoms with E-state index >= 15 is 0 Å². The molecule has 3 aromatic carbocycles. The molecule has 0 saturated carbocycles. The van der Waals surface area contributed by atoms with Crippen molar-refractivity contribution in [3.8, 4) is 11.5 Å². The van der Waals surface area contributed by atoms with Gasteiger partial charge in [0.15, 0.2) is 11.5 Å². The molecule has 0 bridgehead atoms. The lowest BCUT2D eigenvalue weighted by atomic mass is 9.76. The third-order valence-corrected chi connectivity index (χ3v) is 6.91. The van der Waals surface area contributed by atoms with E-state index in [-0.39, 0.29) is 11.9 Å². The van der Waals surface area contributed by atoms with Crippen LogP contribution in [-0.4, -0.2) is 25.8 Å². The van der Waals surface area contributed by atoms with Gasteiger partial charge in [-0.15, -0.1) is 0 Å². The molecule has 0 radical (unpaired) electrons. The molecule has 6 heteroatoms. The second-order valence-corrected chi connectivity index (χ2v) is 8.90. The first-order valence-electron chi connectivity index (χ1n) is 11.8. The van der Waals surface area contributed by atoms with Crippen LogP contribution in [0.3, 0.4) is 0 Å². The van der Waals surface area contributed by atoms with Gasteiger partial charge in [-0.2, -0.15) is 5.10 Å². The van der Waals surface area contributed by atoms with Crippen molar-refractivity contribution in [3.63, 3.8) is 0 Å². The smallest absolute Gasteiger partial charge is 0.271 e. The number of fused-ring (bicyclic) bond motifs is 3. The fraction of sp³-hybridized carbons (Fsp3) is 0.241. The number of allylic oxidation sites excluding steroid dienone is 2. The van der Waals surface area contributed by atoms with E-state index < -0.39 is 0 Å². The van der Waals surface area contributed by atoms with E-state index in [4.69, 9.17) is 9.47 Å². The second kappa shape index (κ2) is 9.66. The first-order valence-corrected chi connectivity index (χ1v) is 11.8. The average molecular weight is 468 g/mol.